The fraction of sp³-hybridized carbons (Fsp3) is 0.364. The number of carbonyl (C=O) groups is 2. The summed E-state index contributed by atoms with van der Waals surface area (Å²) < 4.78 is 5.25. The minimum absolute atomic E-state index is 0.426. The molecule has 4 rings (SSSR count). The van der Waals surface area contributed by atoms with Gasteiger partial charge in [-0.15, -0.1) is 0 Å². The van der Waals surface area contributed by atoms with E-state index in [0.717, 1.165) is 39.3 Å². The highest BCUT2D eigenvalue weighted by atomic mass is 16.5. The molecule has 2 aromatic rings. The number of methoxy groups -OCH3 is 1. The summed E-state index contributed by atoms with van der Waals surface area (Å²) in [7, 11) is 1.58. The van der Waals surface area contributed by atoms with E-state index in [0.29, 0.717) is 23.5 Å². The molecule has 0 saturated carbocycles. The number of nitrogens with zero attached hydrogens (tertiary/aromatic N) is 3. The first-order valence-corrected chi connectivity index (χ1v) is 9.68. The fourth-order valence-corrected chi connectivity index (χ4v) is 3.88. The van der Waals surface area contributed by atoms with Gasteiger partial charge in [0, 0.05) is 51.9 Å². The van der Waals surface area contributed by atoms with Crippen LogP contribution in [0.15, 0.2) is 48.5 Å². The van der Waals surface area contributed by atoms with Crippen molar-refractivity contribution in [1.82, 2.24) is 9.80 Å². The van der Waals surface area contributed by atoms with E-state index >= 15 is 0 Å². The van der Waals surface area contributed by atoms with Crippen LogP contribution in [0.25, 0.3) is 0 Å². The van der Waals surface area contributed by atoms with Crippen molar-refractivity contribution >= 4 is 17.4 Å². The highest BCUT2D eigenvalue weighted by molar-refractivity contribution is 6.52. The molecule has 0 N–H and O–H groups in total. The average Bonchev–Trinajstić information content (AvgIpc) is 2.98. The molecular weight excluding hydrogens is 354 g/mol. The second-order valence-electron chi connectivity index (χ2n) is 7.27. The topological polar surface area (TPSA) is 53.1 Å². The van der Waals surface area contributed by atoms with Crippen LogP contribution in [0, 0.1) is 0 Å². The van der Waals surface area contributed by atoms with Gasteiger partial charge in [-0.05, 0) is 17.7 Å². The molecule has 2 aliphatic rings. The zero-order chi connectivity index (χ0) is 19.5. The number of ketones is 1. The van der Waals surface area contributed by atoms with E-state index < -0.39 is 11.7 Å². The third-order valence-electron chi connectivity index (χ3n) is 5.53. The summed E-state index contributed by atoms with van der Waals surface area (Å²) in [6.45, 7) is 6.19. The molecule has 146 valence electrons. The van der Waals surface area contributed by atoms with Gasteiger partial charge in [0.1, 0.15) is 5.75 Å². The second-order valence-corrected chi connectivity index (χ2v) is 7.27. The number of hydrogen-bond acceptors (Lipinski definition) is 5. The van der Waals surface area contributed by atoms with Crippen LogP contribution in [0.4, 0.5) is 5.69 Å². The number of anilines is 1. The van der Waals surface area contributed by atoms with E-state index in [-0.39, 0.29) is 0 Å². The van der Waals surface area contributed by atoms with Crippen LogP contribution in [0.2, 0.25) is 0 Å². The summed E-state index contributed by atoms with van der Waals surface area (Å²) in [6, 6.07) is 15.7. The molecule has 6 nitrogen and oxygen atoms in total. The first kappa shape index (κ1) is 18.7. The molecule has 0 atom stereocenters. The Morgan fingerprint density at radius 1 is 0.893 bits per heavy atom. The lowest BCUT2D eigenvalue weighted by Gasteiger charge is -2.35. The molecule has 0 unspecified atom stereocenters. The van der Waals surface area contributed by atoms with Crippen molar-refractivity contribution < 1.29 is 14.3 Å². The summed E-state index contributed by atoms with van der Waals surface area (Å²) in [5, 5.41) is 0. The minimum atomic E-state index is -0.439. The molecule has 0 spiro atoms. The fourth-order valence-electron chi connectivity index (χ4n) is 3.88. The molecule has 6 heteroatoms. The van der Waals surface area contributed by atoms with Gasteiger partial charge in [-0.2, -0.15) is 0 Å². The monoisotopic (exact) mass is 379 g/mol. The van der Waals surface area contributed by atoms with E-state index in [1.165, 1.54) is 5.56 Å². The maximum absolute atomic E-state index is 12.4. The number of Topliss-reactive ketones (excluding diaryl/α,β-unsaturated/α-hetero) is 1. The third kappa shape index (κ3) is 3.79. The van der Waals surface area contributed by atoms with Crippen LogP contribution in [0.5, 0.6) is 5.75 Å². The Balaban J connectivity index is 1.32. The zero-order valence-corrected chi connectivity index (χ0v) is 16.1. The predicted octanol–water partition coefficient (Wildman–Crippen LogP) is 2.04. The van der Waals surface area contributed by atoms with Gasteiger partial charge >= 0.3 is 0 Å². The van der Waals surface area contributed by atoms with Gasteiger partial charge in [-0.25, -0.2) is 0 Å². The summed E-state index contributed by atoms with van der Waals surface area (Å²) >= 11 is 0. The van der Waals surface area contributed by atoms with Gasteiger partial charge in [0.15, 0.2) is 0 Å². The van der Waals surface area contributed by atoms with Crippen LogP contribution in [-0.4, -0.2) is 67.9 Å². The number of hydrogen-bond donors (Lipinski definition) is 0. The normalized spacial score (nSPS) is 17.8. The Kier molecular flexibility index (Phi) is 5.41. The molecule has 2 aliphatic heterocycles. The Labute approximate surface area is 165 Å². The van der Waals surface area contributed by atoms with Gasteiger partial charge in [0.2, 0.25) is 0 Å². The molecule has 0 radical (unpaired) electrons. The third-order valence-corrected chi connectivity index (χ3v) is 5.53. The van der Waals surface area contributed by atoms with E-state index in [4.69, 9.17) is 4.74 Å². The Hall–Kier alpha value is -2.70. The lowest BCUT2D eigenvalue weighted by atomic mass is 10.1. The van der Waals surface area contributed by atoms with E-state index in [2.05, 4.69) is 34.1 Å². The number of ether oxygens (including phenoxy) is 1. The molecule has 1 saturated heterocycles. The van der Waals surface area contributed by atoms with Crippen molar-refractivity contribution in [2.45, 2.75) is 6.54 Å². The molecule has 28 heavy (non-hydrogen) atoms. The summed E-state index contributed by atoms with van der Waals surface area (Å²) in [4.78, 5) is 31.0. The van der Waals surface area contributed by atoms with Crippen molar-refractivity contribution in [2.75, 3.05) is 51.3 Å². The number of piperazine rings is 1. The van der Waals surface area contributed by atoms with Gasteiger partial charge in [-0.3, -0.25) is 19.4 Å². The molecule has 0 bridgehead atoms. The quantitative estimate of drug-likeness (QED) is 0.719. The lowest BCUT2D eigenvalue weighted by Crippen LogP contribution is -2.48. The Bertz CT molecular complexity index is 861. The molecular formula is C22H25N3O3. The van der Waals surface area contributed by atoms with Crippen molar-refractivity contribution in [3.05, 3.63) is 59.7 Å². The van der Waals surface area contributed by atoms with Crippen molar-refractivity contribution in [3.63, 3.8) is 0 Å². The van der Waals surface area contributed by atoms with Crippen molar-refractivity contribution in [3.8, 4) is 5.75 Å². The molecule has 1 fully saturated rings. The lowest BCUT2D eigenvalue weighted by molar-refractivity contribution is -0.114. The first-order chi connectivity index (χ1) is 13.7. The highest BCUT2D eigenvalue weighted by Gasteiger charge is 2.36. The van der Waals surface area contributed by atoms with Crippen LogP contribution >= 0.6 is 0 Å². The average molecular weight is 379 g/mol. The Morgan fingerprint density at radius 2 is 1.61 bits per heavy atom. The van der Waals surface area contributed by atoms with Crippen molar-refractivity contribution in [1.29, 1.82) is 0 Å². The SMILES string of the molecule is COc1ccc2c(c1)N(CCN1CCN(Cc3ccccc3)CC1)C(=O)C2=O. The van der Waals surface area contributed by atoms with Gasteiger partial charge in [0.05, 0.1) is 18.4 Å². The maximum Gasteiger partial charge on any atom is 0.299 e. The first-order valence-electron chi connectivity index (χ1n) is 9.68. The number of fused-ring (bicyclic) bond motifs is 1. The second kappa shape index (κ2) is 8.12. The van der Waals surface area contributed by atoms with Crippen LogP contribution in [-0.2, 0) is 11.3 Å². The van der Waals surface area contributed by atoms with E-state index in [1.807, 2.05) is 6.07 Å². The molecule has 0 aliphatic carbocycles. The highest BCUT2D eigenvalue weighted by Crippen LogP contribution is 2.32. The molecule has 2 aromatic carbocycles. The van der Waals surface area contributed by atoms with Gasteiger partial charge in [-0.1, -0.05) is 30.3 Å². The van der Waals surface area contributed by atoms with Gasteiger partial charge in [0.25, 0.3) is 11.7 Å². The number of carbonyl (C=O) groups excluding carboxylic acids is 2. The summed E-state index contributed by atoms with van der Waals surface area (Å²) in [5.41, 5.74) is 2.47. The summed E-state index contributed by atoms with van der Waals surface area (Å²) in [5.74, 6) is -0.211. The van der Waals surface area contributed by atoms with Crippen LogP contribution < -0.4 is 9.64 Å². The molecule has 2 heterocycles. The smallest absolute Gasteiger partial charge is 0.299 e. The predicted molar refractivity (Wildman–Crippen MR) is 108 cm³/mol. The number of benzene rings is 2. The minimum Gasteiger partial charge on any atom is -0.497 e. The standard InChI is InChI=1S/C22H25N3O3/c1-28-18-7-8-19-20(15-18)25(22(27)21(19)26)14-13-23-9-11-24(12-10-23)16-17-5-3-2-4-6-17/h2-8,15H,9-14,16H2,1H3. The van der Waals surface area contributed by atoms with E-state index in [9.17, 15) is 9.59 Å². The van der Waals surface area contributed by atoms with E-state index in [1.54, 1.807) is 30.2 Å². The zero-order valence-electron chi connectivity index (χ0n) is 16.1. The molecule has 0 aromatic heterocycles. The number of rotatable bonds is 6. The number of amides is 1. The van der Waals surface area contributed by atoms with Crippen LogP contribution in [0.3, 0.4) is 0 Å². The van der Waals surface area contributed by atoms with Crippen molar-refractivity contribution in [2.24, 2.45) is 0 Å². The summed E-state index contributed by atoms with van der Waals surface area (Å²) in [6.07, 6.45) is 0. The molecule has 1 amide bonds. The maximum atomic E-state index is 12.4. The van der Waals surface area contributed by atoms with Gasteiger partial charge < -0.3 is 9.64 Å². The largest absolute Gasteiger partial charge is 0.497 e. The Morgan fingerprint density at radius 3 is 2.32 bits per heavy atom. The van der Waals surface area contributed by atoms with Crippen LogP contribution in [0.1, 0.15) is 15.9 Å².